The lowest BCUT2D eigenvalue weighted by Gasteiger charge is -2.38. The molecule has 0 aliphatic heterocycles. The Kier molecular flexibility index (Phi) is 14.4. The second kappa shape index (κ2) is 14.7. The van der Waals surface area contributed by atoms with Crippen LogP contribution < -0.4 is 0 Å². The predicted molar refractivity (Wildman–Crippen MR) is 172 cm³/mol. The number of thioether (sulfide) groups is 1. The van der Waals surface area contributed by atoms with E-state index in [4.69, 9.17) is 18.3 Å². The molecular weight excluding hydrogens is 579 g/mol. The monoisotopic (exact) mass is 637 g/mol. The first-order valence-corrected chi connectivity index (χ1v) is 21.1. The van der Waals surface area contributed by atoms with Crippen LogP contribution >= 0.6 is 11.8 Å². The minimum Gasteiger partial charge on any atom is -0.459 e. The van der Waals surface area contributed by atoms with Gasteiger partial charge in [0.25, 0.3) is 5.24 Å². The molecule has 0 fully saturated rings. The predicted octanol–water partition coefficient (Wildman–Crippen LogP) is 6.60. The average molecular weight is 638 g/mol. The van der Waals surface area contributed by atoms with Gasteiger partial charge in [0.15, 0.2) is 22.7 Å². The molecule has 9 nitrogen and oxygen atoms in total. The Labute approximate surface area is 256 Å². The van der Waals surface area contributed by atoms with Crippen LogP contribution in [0.25, 0.3) is 0 Å². The van der Waals surface area contributed by atoms with Crippen molar-refractivity contribution in [2.75, 3.05) is 26.3 Å². The zero-order valence-corrected chi connectivity index (χ0v) is 31.5. The van der Waals surface area contributed by atoms with E-state index in [-0.39, 0.29) is 23.2 Å². The van der Waals surface area contributed by atoms with Gasteiger partial charge >= 0.3 is 11.9 Å². The molecule has 0 aliphatic rings. The number of aliphatic hydroxyl groups excluding tert-OH is 1. The van der Waals surface area contributed by atoms with Gasteiger partial charge in [-0.05, 0) is 89.6 Å². The van der Waals surface area contributed by atoms with E-state index >= 15 is 0 Å². The molecule has 12 heteroatoms. The van der Waals surface area contributed by atoms with E-state index in [2.05, 4.69) is 67.7 Å². The van der Waals surface area contributed by atoms with Crippen molar-refractivity contribution in [2.24, 2.45) is 0 Å². The summed E-state index contributed by atoms with van der Waals surface area (Å²) in [5.41, 5.74) is -1.78. The lowest BCUT2D eigenvalue weighted by Crippen LogP contribution is -2.47. The van der Waals surface area contributed by atoms with Crippen molar-refractivity contribution in [3.8, 4) is 0 Å². The van der Waals surface area contributed by atoms with Crippen LogP contribution in [-0.4, -0.2) is 92.7 Å². The summed E-state index contributed by atoms with van der Waals surface area (Å²) in [6, 6.07) is 0. The first-order chi connectivity index (χ1) is 18.0. The number of hydrogen-bond acceptors (Lipinski definition) is 9. The Hall–Kier alpha value is -0.926. The van der Waals surface area contributed by atoms with Gasteiger partial charge in [0.2, 0.25) is 0 Å². The highest BCUT2D eigenvalue weighted by atomic mass is 32.2. The van der Waals surface area contributed by atoms with Gasteiger partial charge in [-0.25, -0.2) is 4.79 Å². The third-order valence-electron chi connectivity index (χ3n) is 7.32. The molecule has 0 saturated heterocycles. The maximum atomic E-state index is 13.7. The van der Waals surface area contributed by atoms with E-state index in [0.717, 1.165) is 0 Å². The molecule has 1 amide bonds. The first kappa shape index (κ1) is 40.1. The number of aliphatic hydroxyl groups is 1. The molecule has 2 atom stereocenters. The van der Waals surface area contributed by atoms with Gasteiger partial charge in [-0.15, -0.1) is 0 Å². The molecule has 0 saturated carbocycles. The second-order valence-corrected chi connectivity index (χ2v) is 26.2. The van der Waals surface area contributed by atoms with Crippen molar-refractivity contribution in [1.82, 2.24) is 4.90 Å². The molecule has 0 aromatic rings. The summed E-state index contributed by atoms with van der Waals surface area (Å²) in [7, 11) is -4.14. The average Bonchev–Trinajstić information content (AvgIpc) is 2.71. The van der Waals surface area contributed by atoms with Crippen LogP contribution in [0, 0.1) is 0 Å². The largest absolute Gasteiger partial charge is 0.459 e. The zero-order valence-electron chi connectivity index (χ0n) is 28.6. The van der Waals surface area contributed by atoms with Crippen LogP contribution in [0.2, 0.25) is 36.3 Å². The van der Waals surface area contributed by atoms with Crippen molar-refractivity contribution in [2.45, 2.75) is 142 Å². The Morgan fingerprint density at radius 2 is 1.02 bits per heavy atom. The molecule has 0 aromatic heterocycles. The van der Waals surface area contributed by atoms with Crippen LogP contribution in [-0.2, 0) is 27.9 Å². The Bertz CT molecular complexity index is 851. The minimum atomic E-state index is -2.07. The Morgan fingerprint density at radius 1 is 0.683 bits per heavy atom. The van der Waals surface area contributed by atoms with Crippen molar-refractivity contribution in [1.29, 1.82) is 0 Å². The molecule has 1 N–H and O–H groups in total. The summed E-state index contributed by atoms with van der Waals surface area (Å²) in [6.07, 6.45) is -1.90. The van der Waals surface area contributed by atoms with E-state index in [1.54, 1.807) is 46.4 Å². The maximum Gasteiger partial charge on any atom is 0.337 e. The number of rotatable bonds is 12. The molecule has 0 bridgehead atoms. The van der Waals surface area contributed by atoms with Gasteiger partial charge < -0.3 is 28.3 Å². The number of carbonyl (C=O) groups is 3. The van der Waals surface area contributed by atoms with Crippen molar-refractivity contribution >= 4 is 45.6 Å². The fourth-order valence-electron chi connectivity index (χ4n) is 2.82. The van der Waals surface area contributed by atoms with E-state index in [9.17, 15) is 19.5 Å². The SMILES string of the molecule is CC(C)(C)OC(=O)C(SC(=O)N(CCO[Si](C)(C)C(C)(C)C)CCO[Si](C)(C)C(C)(C)C)[C@@H](O)C(=O)OC(C)(C)C. The topological polar surface area (TPSA) is 112 Å². The molecule has 0 rings (SSSR count). The van der Waals surface area contributed by atoms with Crippen molar-refractivity contribution in [3.05, 3.63) is 0 Å². The second-order valence-electron chi connectivity index (χ2n) is 15.5. The van der Waals surface area contributed by atoms with E-state index in [1.807, 2.05) is 0 Å². The lowest BCUT2D eigenvalue weighted by atomic mass is 10.1. The number of carbonyl (C=O) groups excluding carboxylic acids is 3. The quantitative estimate of drug-likeness (QED) is 0.187. The summed E-state index contributed by atoms with van der Waals surface area (Å²) in [5.74, 6) is -1.87. The van der Waals surface area contributed by atoms with Gasteiger partial charge in [-0.3, -0.25) is 9.59 Å². The fraction of sp³-hybridized carbons (Fsp3) is 0.897. The summed E-state index contributed by atoms with van der Waals surface area (Å²) in [4.78, 5) is 41.1. The molecule has 0 aliphatic carbocycles. The molecular formula is C29H59NO8SSi2. The lowest BCUT2D eigenvalue weighted by molar-refractivity contribution is -0.171. The third-order valence-corrected chi connectivity index (χ3v) is 17.6. The van der Waals surface area contributed by atoms with Crippen LogP contribution in [0.1, 0.15) is 83.1 Å². The van der Waals surface area contributed by atoms with Crippen molar-refractivity contribution < 1.29 is 37.8 Å². The molecule has 41 heavy (non-hydrogen) atoms. The highest BCUT2D eigenvalue weighted by molar-refractivity contribution is 8.14. The van der Waals surface area contributed by atoms with E-state index < -0.39 is 56.4 Å². The fourth-order valence-corrected chi connectivity index (χ4v) is 5.82. The van der Waals surface area contributed by atoms with E-state index in [1.165, 1.54) is 0 Å². The standard InChI is InChI=1S/C29H59NO8SSi2/c1-26(2,3)37-23(32)21(31)22(24(33)38-27(4,5)6)39-25(34)30(17-19-35-40(13,14)28(7,8)9)18-20-36-41(15,16)29(10,11)12/h21-22,31H,17-20H2,1-16H3/t21-,22?/m1/s1. The van der Waals surface area contributed by atoms with Crippen LogP contribution in [0.15, 0.2) is 0 Å². The van der Waals surface area contributed by atoms with Gasteiger partial charge in [0.1, 0.15) is 16.5 Å². The first-order valence-electron chi connectivity index (χ1n) is 14.4. The number of amides is 1. The van der Waals surface area contributed by atoms with Gasteiger partial charge in [0.05, 0.1) is 13.2 Å². The van der Waals surface area contributed by atoms with Crippen LogP contribution in [0.4, 0.5) is 4.79 Å². The van der Waals surface area contributed by atoms with Crippen molar-refractivity contribution in [3.63, 3.8) is 0 Å². The van der Waals surface area contributed by atoms with Crippen LogP contribution in [0.3, 0.4) is 0 Å². The molecule has 242 valence electrons. The van der Waals surface area contributed by atoms with Gasteiger partial charge in [-0.2, -0.15) is 0 Å². The zero-order chi connectivity index (χ0) is 32.8. The molecule has 0 aromatic carbocycles. The maximum absolute atomic E-state index is 13.7. The van der Waals surface area contributed by atoms with Crippen LogP contribution in [0.5, 0.6) is 0 Å². The molecule has 0 heterocycles. The number of esters is 2. The summed E-state index contributed by atoms with van der Waals surface area (Å²) < 4.78 is 23.4. The summed E-state index contributed by atoms with van der Waals surface area (Å²) >= 11 is 0.564. The Balaban J connectivity index is 6.04. The highest BCUT2D eigenvalue weighted by Gasteiger charge is 2.42. The normalized spacial score (nSPS) is 15.2. The highest BCUT2D eigenvalue weighted by Crippen LogP contribution is 2.37. The number of nitrogens with zero attached hydrogens (tertiary/aromatic N) is 1. The molecule has 1 unspecified atom stereocenters. The van der Waals surface area contributed by atoms with E-state index in [0.29, 0.717) is 25.0 Å². The molecule has 0 radical (unpaired) electrons. The smallest absolute Gasteiger partial charge is 0.337 e. The molecule has 0 spiro atoms. The summed E-state index contributed by atoms with van der Waals surface area (Å²) in [5, 5.41) is 8.88. The minimum absolute atomic E-state index is 0.00136. The Morgan fingerprint density at radius 3 is 1.34 bits per heavy atom. The third kappa shape index (κ3) is 14.4. The van der Waals surface area contributed by atoms with Gasteiger partial charge in [-0.1, -0.05) is 41.5 Å². The number of hydrogen-bond donors (Lipinski definition) is 1. The van der Waals surface area contributed by atoms with Gasteiger partial charge in [0, 0.05) is 13.1 Å². The summed E-state index contributed by atoms with van der Waals surface area (Å²) in [6.45, 7) is 32.6. The number of ether oxygens (including phenoxy) is 2.